The number of likely N-dealkylation sites (tertiary alicyclic amines) is 1. The third kappa shape index (κ3) is 2.50. The van der Waals surface area contributed by atoms with Gasteiger partial charge in [-0.15, -0.1) is 0 Å². The normalized spacial score (nSPS) is 18.5. The Hall–Kier alpha value is -1.62. The summed E-state index contributed by atoms with van der Waals surface area (Å²) in [5.41, 5.74) is 0.961. The molecule has 1 aromatic carbocycles. The molecule has 0 saturated carbocycles. The van der Waals surface area contributed by atoms with Crippen molar-refractivity contribution in [3.05, 3.63) is 58.2 Å². The van der Waals surface area contributed by atoms with Crippen LogP contribution in [0.1, 0.15) is 35.0 Å². The Morgan fingerprint density at radius 2 is 2.00 bits per heavy atom. The lowest BCUT2D eigenvalue weighted by Gasteiger charge is -2.24. The van der Waals surface area contributed by atoms with Crippen LogP contribution < -0.4 is 0 Å². The number of carbonyl (C=O) groups is 1. The molecule has 1 aromatic heterocycles. The minimum Gasteiger partial charge on any atom is -0.444 e. The number of carbonyl (C=O) groups excluding carboxylic acids is 1. The van der Waals surface area contributed by atoms with Gasteiger partial charge in [0.25, 0.3) is 5.91 Å². The van der Waals surface area contributed by atoms with E-state index in [2.05, 4.69) is 15.9 Å². The zero-order valence-corrected chi connectivity index (χ0v) is 12.3. The first-order chi connectivity index (χ1) is 9.65. The lowest BCUT2D eigenvalue weighted by molar-refractivity contribution is 0.0702. The molecule has 0 N–H and O–H groups in total. The highest BCUT2D eigenvalue weighted by Gasteiger charge is 2.31. The third-order valence-corrected chi connectivity index (χ3v) is 3.98. The van der Waals surface area contributed by atoms with Crippen molar-refractivity contribution >= 4 is 21.8 Å². The molecule has 2 aromatic rings. The van der Waals surface area contributed by atoms with Gasteiger partial charge < -0.3 is 9.32 Å². The van der Waals surface area contributed by atoms with Gasteiger partial charge in [0.2, 0.25) is 0 Å². The molecule has 1 saturated heterocycles. The second-order valence-corrected chi connectivity index (χ2v) is 5.59. The van der Waals surface area contributed by atoms with E-state index in [-0.39, 0.29) is 17.8 Å². The van der Waals surface area contributed by atoms with Crippen LogP contribution in [-0.2, 0) is 0 Å². The fourth-order valence-electron chi connectivity index (χ4n) is 2.61. The number of furan rings is 1. The number of hydrogen-bond donors (Lipinski definition) is 0. The van der Waals surface area contributed by atoms with Crippen molar-refractivity contribution < 1.29 is 13.6 Å². The Bertz CT molecular complexity index is 623. The van der Waals surface area contributed by atoms with E-state index < -0.39 is 0 Å². The van der Waals surface area contributed by atoms with Crippen LogP contribution >= 0.6 is 15.9 Å². The molecule has 1 amide bonds. The first-order valence-electron chi connectivity index (χ1n) is 6.47. The predicted molar refractivity (Wildman–Crippen MR) is 75.8 cm³/mol. The van der Waals surface area contributed by atoms with Crippen molar-refractivity contribution in [2.24, 2.45) is 0 Å². The summed E-state index contributed by atoms with van der Waals surface area (Å²) >= 11 is 3.20. The molecule has 104 valence electrons. The highest BCUT2D eigenvalue weighted by molar-refractivity contribution is 9.10. The summed E-state index contributed by atoms with van der Waals surface area (Å²) < 4.78 is 18.9. The monoisotopic (exact) mass is 337 g/mol. The summed E-state index contributed by atoms with van der Waals surface area (Å²) in [6.07, 6.45) is 1.83. The Morgan fingerprint density at radius 3 is 2.65 bits per heavy atom. The molecular formula is C15H13BrFNO2. The molecule has 1 aliphatic rings. The third-order valence-electron chi connectivity index (χ3n) is 3.55. The number of amides is 1. The number of halogens is 2. The number of hydrogen-bond acceptors (Lipinski definition) is 2. The van der Waals surface area contributed by atoms with Crippen molar-refractivity contribution in [2.45, 2.75) is 18.9 Å². The molecule has 0 aliphatic carbocycles. The fraction of sp³-hybridized carbons (Fsp3) is 0.267. The molecule has 0 radical (unpaired) electrons. The Labute approximate surface area is 124 Å². The summed E-state index contributed by atoms with van der Waals surface area (Å²) in [5.74, 6) is -0.0620. The van der Waals surface area contributed by atoms with E-state index in [1.54, 1.807) is 29.2 Å². The first kappa shape index (κ1) is 13.4. The maximum atomic E-state index is 13.0. The van der Waals surface area contributed by atoms with E-state index in [0.717, 1.165) is 18.4 Å². The van der Waals surface area contributed by atoms with E-state index in [1.807, 2.05) is 0 Å². The molecule has 20 heavy (non-hydrogen) atoms. The van der Waals surface area contributed by atoms with Crippen LogP contribution in [-0.4, -0.2) is 17.4 Å². The van der Waals surface area contributed by atoms with Crippen LogP contribution in [0.5, 0.6) is 0 Å². The van der Waals surface area contributed by atoms with Crippen molar-refractivity contribution in [3.63, 3.8) is 0 Å². The average molecular weight is 338 g/mol. The lowest BCUT2D eigenvalue weighted by Crippen LogP contribution is -2.30. The van der Waals surface area contributed by atoms with Gasteiger partial charge in [0, 0.05) is 6.54 Å². The summed E-state index contributed by atoms with van der Waals surface area (Å²) in [6.45, 7) is 0.694. The van der Waals surface area contributed by atoms with Crippen LogP contribution in [0.15, 0.2) is 45.5 Å². The molecule has 5 heteroatoms. The average Bonchev–Trinajstić information content (AvgIpc) is 3.07. The van der Waals surface area contributed by atoms with E-state index in [0.29, 0.717) is 17.0 Å². The van der Waals surface area contributed by atoms with Crippen LogP contribution in [0.25, 0.3) is 0 Å². The zero-order valence-electron chi connectivity index (χ0n) is 10.7. The van der Waals surface area contributed by atoms with Gasteiger partial charge in [-0.25, -0.2) is 4.39 Å². The number of nitrogens with zero attached hydrogens (tertiary/aromatic N) is 1. The SMILES string of the molecule is O=C(c1ccc(Br)o1)N1CCCC1c1ccc(F)cc1. The van der Waals surface area contributed by atoms with Crippen LogP contribution in [0.3, 0.4) is 0 Å². The van der Waals surface area contributed by atoms with Crippen LogP contribution in [0, 0.1) is 5.82 Å². The molecule has 2 heterocycles. The van der Waals surface area contributed by atoms with E-state index in [9.17, 15) is 9.18 Å². The highest BCUT2D eigenvalue weighted by atomic mass is 79.9. The molecule has 1 unspecified atom stereocenters. The van der Waals surface area contributed by atoms with Crippen molar-refractivity contribution in [1.82, 2.24) is 4.90 Å². The number of rotatable bonds is 2. The molecule has 0 bridgehead atoms. The van der Waals surface area contributed by atoms with E-state index >= 15 is 0 Å². The van der Waals surface area contributed by atoms with Crippen molar-refractivity contribution in [2.75, 3.05) is 6.54 Å². The minimum absolute atomic E-state index is 0.00743. The van der Waals surface area contributed by atoms with Crippen molar-refractivity contribution in [1.29, 1.82) is 0 Å². The van der Waals surface area contributed by atoms with Gasteiger partial charge >= 0.3 is 0 Å². The summed E-state index contributed by atoms with van der Waals surface area (Å²) in [7, 11) is 0. The molecule has 1 fully saturated rings. The quantitative estimate of drug-likeness (QED) is 0.824. The van der Waals surface area contributed by atoms with E-state index in [4.69, 9.17) is 4.42 Å². The smallest absolute Gasteiger partial charge is 0.290 e. The fourth-order valence-corrected chi connectivity index (χ4v) is 2.92. The molecule has 0 spiro atoms. The summed E-state index contributed by atoms with van der Waals surface area (Å²) in [6, 6.07) is 9.70. The van der Waals surface area contributed by atoms with Gasteiger partial charge in [0.15, 0.2) is 10.4 Å². The maximum absolute atomic E-state index is 13.0. The Kier molecular flexibility index (Phi) is 3.61. The molecule has 1 aliphatic heterocycles. The summed E-state index contributed by atoms with van der Waals surface area (Å²) in [4.78, 5) is 14.2. The maximum Gasteiger partial charge on any atom is 0.290 e. The predicted octanol–water partition coefficient (Wildman–Crippen LogP) is 4.16. The van der Waals surface area contributed by atoms with Gasteiger partial charge in [0.1, 0.15) is 5.82 Å². The van der Waals surface area contributed by atoms with Gasteiger partial charge in [-0.2, -0.15) is 0 Å². The zero-order chi connectivity index (χ0) is 14.1. The highest BCUT2D eigenvalue weighted by Crippen LogP contribution is 2.33. The molecule has 3 nitrogen and oxygen atoms in total. The molecular weight excluding hydrogens is 325 g/mol. The van der Waals surface area contributed by atoms with Crippen LogP contribution in [0.2, 0.25) is 0 Å². The number of benzene rings is 1. The Balaban J connectivity index is 1.85. The minimum atomic E-state index is -0.264. The Morgan fingerprint density at radius 1 is 1.25 bits per heavy atom. The van der Waals surface area contributed by atoms with Crippen LogP contribution in [0.4, 0.5) is 4.39 Å². The molecule has 3 rings (SSSR count). The largest absolute Gasteiger partial charge is 0.444 e. The second kappa shape index (κ2) is 5.40. The van der Waals surface area contributed by atoms with Gasteiger partial charge in [-0.05, 0) is 58.6 Å². The summed E-state index contributed by atoms with van der Waals surface area (Å²) in [5, 5.41) is 0. The first-order valence-corrected chi connectivity index (χ1v) is 7.26. The molecule has 1 atom stereocenters. The van der Waals surface area contributed by atoms with Gasteiger partial charge in [0.05, 0.1) is 6.04 Å². The van der Waals surface area contributed by atoms with Gasteiger partial charge in [-0.1, -0.05) is 12.1 Å². The standard InChI is InChI=1S/C15H13BrFNO2/c16-14-8-7-13(20-14)15(19)18-9-1-2-12(18)10-3-5-11(17)6-4-10/h3-8,12H,1-2,9H2. The lowest BCUT2D eigenvalue weighted by atomic mass is 10.0. The topological polar surface area (TPSA) is 33.5 Å². The van der Waals surface area contributed by atoms with Gasteiger partial charge in [-0.3, -0.25) is 4.79 Å². The van der Waals surface area contributed by atoms with E-state index in [1.165, 1.54) is 12.1 Å². The second-order valence-electron chi connectivity index (χ2n) is 4.81. The van der Waals surface area contributed by atoms with Crippen molar-refractivity contribution in [3.8, 4) is 0 Å².